The molecular weight excluding hydrogens is 182 g/mol. The predicted molar refractivity (Wildman–Crippen MR) is 52.4 cm³/mol. The number of anilines is 1. The molecule has 0 aliphatic rings. The van der Waals surface area contributed by atoms with Crippen molar-refractivity contribution in [1.82, 2.24) is 9.97 Å². The number of carbonyl (C=O) groups is 1. The Kier molecular flexibility index (Phi) is 3.84. The first-order valence-corrected chi connectivity index (χ1v) is 4.54. The molecule has 0 unspecified atom stereocenters. The fraction of sp³-hybridized carbons (Fsp3) is 0.444. The lowest BCUT2D eigenvalue weighted by atomic mass is 10.3. The molecule has 1 aromatic heterocycles. The highest BCUT2D eigenvalue weighted by molar-refractivity contribution is 5.85. The minimum atomic E-state index is -1.04. The molecule has 5 nitrogen and oxygen atoms in total. The average molecular weight is 195 g/mol. The van der Waals surface area contributed by atoms with E-state index in [9.17, 15) is 4.79 Å². The van der Waals surface area contributed by atoms with Gasteiger partial charge in [0.15, 0.2) is 5.69 Å². The lowest BCUT2D eigenvalue weighted by molar-refractivity contribution is 0.0690. The van der Waals surface area contributed by atoms with Crippen LogP contribution in [-0.2, 0) is 0 Å². The fourth-order valence-electron chi connectivity index (χ4n) is 0.940. The summed E-state index contributed by atoms with van der Waals surface area (Å²) in [6, 6.07) is 1.37. The Balaban J connectivity index is 2.59. The van der Waals surface area contributed by atoms with E-state index in [1.165, 1.54) is 12.3 Å². The van der Waals surface area contributed by atoms with E-state index in [-0.39, 0.29) is 5.69 Å². The maximum absolute atomic E-state index is 10.6. The molecule has 0 aliphatic carbocycles. The second kappa shape index (κ2) is 5.16. The molecule has 14 heavy (non-hydrogen) atoms. The quantitative estimate of drug-likeness (QED) is 0.694. The maximum atomic E-state index is 10.6. The number of hydrogen-bond donors (Lipinski definition) is 2. The van der Waals surface area contributed by atoms with Crippen molar-refractivity contribution in [2.24, 2.45) is 0 Å². The summed E-state index contributed by atoms with van der Waals surface area (Å²) in [5, 5.41) is 11.6. The molecule has 0 saturated heterocycles. The molecule has 0 amide bonds. The number of rotatable bonds is 5. The van der Waals surface area contributed by atoms with Crippen LogP contribution in [0.1, 0.15) is 30.3 Å². The van der Waals surface area contributed by atoms with Gasteiger partial charge >= 0.3 is 5.97 Å². The third-order valence-electron chi connectivity index (χ3n) is 1.69. The smallest absolute Gasteiger partial charge is 0.354 e. The molecule has 1 rings (SSSR count). The minimum absolute atomic E-state index is 0.0130. The normalized spacial score (nSPS) is 9.79. The van der Waals surface area contributed by atoms with E-state index in [4.69, 9.17) is 5.11 Å². The van der Waals surface area contributed by atoms with Gasteiger partial charge in [0.2, 0.25) is 5.95 Å². The topological polar surface area (TPSA) is 75.1 Å². The molecule has 0 bridgehead atoms. The van der Waals surface area contributed by atoms with E-state index < -0.39 is 5.97 Å². The Labute approximate surface area is 82.2 Å². The molecule has 0 aliphatic heterocycles. The van der Waals surface area contributed by atoms with Crippen molar-refractivity contribution in [2.75, 3.05) is 11.9 Å². The maximum Gasteiger partial charge on any atom is 0.354 e. The fourth-order valence-corrected chi connectivity index (χ4v) is 0.940. The standard InChI is InChI=1S/C9H13N3O2/c1-2-3-5-10-9-11-6-4-7(12-9)8(13)14/h4,6H,2-3,5H2,1H3,(H,13,14)(H,10,11,12). The highest BCUT2D eigenvalue weighted by Gasteiger charge is 2.04. The second-order valence-electron chi connectivity index (χ2n) is 2.85. The molecule has 0 fully saturated rings. The molecule has 0 spiro atoms. The Morgan fingerprint density at radius 3 is 3.07 bits per heavy atom. The van der Waals surface area contributed by atoms with E-state index in [1.807, 2.05) is 0 Å². The van der Waals surface area contributed by atoms with Gasteiger partial charge in [-0.15, -0.1) is 0 Å². The lowest BCUT2D eigenvalue weighted by Crippen LogP contribution is -2.08. The van der Waals surface area contributed by atoms with Gasteiger partial charge in [0.1, 0.15) is 0 Å². The summed E-state index contributed by atoms with van der Waals surface area (Å²) in [7, 11) is 0. The molecule has 0 aromatic carbocycles. The summed E-state index contributed by atoms with van der Waals surface area (Å²) >= 11 is 0. The van der Waals surface area contributed by atoms with Crippen molar-refractivity contribution in [2.45, 2.75) is 19.8 Å². The van der Waals surface area contributed by atoms with Gasteiger partial charge in [0, 0.05) is 12.7 Å². The molecular formula is C9H13N3O2. The number of aromatic nitrogens is 2. The molecule has 0 atom stereocenters. The van der Waals surface area contributed by atoms with Crippen molar-refractivity contribution >= 4 is 11.9 Å². The first-order chi connectivity index (χ1) is 6.74. The van der Waals surface area contributed by atoms with Crippen LogP contribution in [0.4, 0.5) is 5.95 Å². The van der Waals surface area contributed by atoms with Gasteiger partial charge in [-0.25, -0.2) is 14.8 Å². The van der Waals surface area contributed by atoms with E-state index in [1.54, 1.807) is 0 Å². The first-order valence-electron chi connectivity index (χ1n) is 4.54. The van der Waals surface area contributed by atoms with E-state index in [2.05, 4.69) is 22.2 Å². The molecule has 0 radical (unpaired) electrons. The zero-order valence-electron chi connectivity index (χ0n) is 8.03. The zero-order valence-corrected chi connectivity index (χ0v) is 8.03. The van der Waals surface area contributed by atoms with Gasteiger partial charge in [0.05, 0.1) is 0 Å². The number of aromatic carboxylic acids is 1. The van der Waals surface area contributed by atoms with Crippen molar-refractivity contribution in [1.29, 1.82) is 0 Å². The largest absolute Gasteiger partial charge is 0.477 e. The molecule has 5 heteroatoms. The predicted octanol–water partition coefficient (Wildman–Crippen LogP) is 1.39. The molecule has 2 N–H and O–H groups in total. The van der Waals surface area contributed by atoms with Crippen LogP contribution in [0.15, 0.2) is 12.3 Å². The number of nitrogens with zero attached hydrogens (tertiary/aromatic N) is 2. The second-order valence-corrected chi connectivity index (χ2v) is 2.85. The number of carboxylic acid groups (broad SMARTS) is 1. The third kappa shape index (κ3) is 3.01. The summed E-state index contributed by atoms with van der Waals surface area (Å²) in [6.07, 6.45) is 3.52. The van der Waals surface area contributed by atoms with Crippen molar-refractivity contribution in [3.8, 4) is 0 Å². The van der Waals surface area contributed by atoms with Crippen LogP contribution in [0.5, 0.6) is 0 Å². The zero-order chi connectivity index (χ0) is 10.4. The van der Waals surface area contributed by atoms with Gasteiger partial charge in [-0.3, -0.25) is 0 Å². The Morgan fingerprint density at radius 2 is 2.43 bits per heavy atom. The van der Waals surface area contributed by atoms with Crippen LogP contribution in [0.2, 0.25) is 0 Å². The Hall–Kier alpha value is -1.65. The van der Waals surface area contributed by atoms with E-state index >= 15 is 0 Å². The number of unbranched alkanes of at least 4 members (excludes halogenated alkanes) is 1. The third-order valence-corrected chi connectivity index (χ3v) is 1.69. The number of hydrogen-bond acceptors (Lipinski definition) is 4. The molecule has 1 aromatic rings. The van der Waals surface area contributed by atoms with Crippen LogP contribution in [0.3, 0.4) is 0 Å². The van der Waals surface area contributed by atoms with Gasteiger partial charge < -0.3 is 10.4 Å². The highest BCUT2D eigenvalue weighted by atomic mass is 16.4. The molecule has 76 valence electrons. The number of nitrogens with one attached hydrogen (secondary N) is 1. The van der Waals surface area contributed by atoms with Crippen LogP contribution in [-0.4, -0.2) is 27.6 Å². The summed E-state index contributed by atoms with van der Waals surface area (Å²) in [4.78, 5) is 18.3. The van der Waals surface area contributed by atoms with Crippen molar-refractivity contribution in [3.05, 3.63) is 18.0 Å². The van der Waals surface area contributed by atoms with Crippen LogP contribution in [0.25, 0.3) is 0 Å². The van der Waals surface area contributed by atoms with Gasteiger partial charge in [-0.2, -0.15) is 0 Å². The Morgan fingerprint density at radius 1 is 1.64 bits per heavy atom. The lowest BCUT2D eigenvalue weighted by Gasteiger charge is -2.03. The summed E-state index contributed by atoms with van der Waals surface area (Å²) in [5.74, 6) is -0.663. The summed E-state index contributed by atoms with van der Waals surface area (Å²) < 4.78 is 0. The summed E-state index contributed by atoms with van der Waals surface area (Å²) in [6.45, 7) is 2.84. The highest BCUT2D eigenvalue weighted by Crippen LogP contribution is 2.00. The van der Waals surface area contributed by atoms with Crippen LogP contribution < -0.4 is 5.32 Å². The molecule has 0 saturated carbocycles. The van der Waals surface area contributed by atoms with Crippen molar-refractivity contribution in [3.63, 3.8) is 0 Å². The Bertz CT molecular complexity index is 315. The van der Waals surface area contributed by atoms with Crippen molar-refractivity contribution < 1.29 is 9.90 Å². The SMILES string of the molecule is CCCCNc1nccc(C(=O)O)n1. The average Bonchev–Trinajstić information content (AvgIpc) is 2.19. The number of carboxylic acids is 1. The van der Waals surface area contributed by atoms with Crippen LogP contribution in [0, 0.1) is 0 Å². The van der Waals surface area contributed by atoms with E-state index in [0.717, 1.165) is 19.4 Å². The minimum Gasteiger partial charge on any atom is -0.477 e. The van der Waals surface area contributed by atoms with E-state index in [0.29, 0.717) is 5.95 Å². The first kappa shape index (κ1) is 10.4. The van der Waals surface area contributed by atoms with Gasteiger partial charge in [0.25, 0.3) is 0 Å². The molecule has 1 heterocycles. The monoisotopic (exact) mass is 195 g/mol. The summed E-state index contributed by atoms with van der Waals surface area (Å²) in [5.41, 5.74) is 0.0130. The van der Waals surface area contributed by atoms with Crippen LogP contribution >= 0.6 is 0 Å². The van der Waals surface area contributed by atoms with Gasteiger partial charge in [-0.1, -0.05) is 13.3 Å². The van der Waals surface area contributed by atoms with Gasteiger partial charge in [-0.05, 0) is 12.5 Å².